The van der Waals surface area contributed by atoms with Gasteiger partial charge in [-0.3, -0.25) is 0 Å². The van der Waals surface area contributed by atoms with Gasteiger partial charge in [0.2, 0.25) is 0 Å². The van der Waals surface area contributed by atoms with E-state index in [0.29, 0.717) is 17.3 Å². The molecule has 0 amide bonds. The molecule has 2 rings (SSSR count). The molecule has 0 aliphatic carbocycles. The van der Waals surface area contributed by atoms with Gasteiger partial charge in [-0.2, -0.15) is 0 Å². The van der Waals surface area contributed by atoms with Gasteiger partial charge < -0.3 is 10.4 Å². The first-order chi connectivity index (χ1) is 8.15. The van der Waals surface area contributed by atoms with Crippen molar-refractivity contribution < 1.29 is 9.50 Å². The number of aromatic hydroxyl groups is 1. The van der Waals surface area contributed by atoms with Crippen molar-refractivity contribution in [3.8, 4) is 5.75 Å². The van der Waals surface area contributed by atoms with Crippen molar-refractivity contribution in [2.24, 2.45) is 0 Å². The third-order valence-electron chi connectivity index (χ3n) is 2.34. The molecule has 0 spiro atoms. The smallest absolute Gasteiger partial charge is 0.126 e. The van der Waals surface area contributed by atoms with E-state index in [1.54, 1.807) is 24.3 Å². The number of phenolic OH excluding ortho intramolecular Hbond substituents is 1. The average molecular weight is 252 g/mol. The van der Waals surface area contributed by atoms with Gasteiger partial charge in [0.25, 0.3) is 0 Å². The molecular formula is C13H11ClFNO. The van der Waals surface area contributed by atoms with Gasteiger partial charge in [0.05, 0.1) is 0 Å². The maximum Gasteiger partial charge on any atom is 0.126 e. The van der Waals surface area contributed by atoms with E-state index in [2.05, 4.69) is 5.32 Å². The Balaban J connectivity index is 2.10. The van der Waals surface area contributed by atoms with Gasteiger partial charge in [-0.25, -0.2) is 4.39 Å². The highest BCUT2D eigenvalue weighted by Gasteiger charge is 2.01. The fraction of sp³-hybridized carbons (Fsp3) is 0.0769. The predicted molar refractivity (Wildman–Crippen MR) is 66.8 cm³/mol. The number of para-hydroxylation sites is 1. The van der Waals surface area contributed by atoms with Gasteiger partial charge in [0.15, 0.2) is 0 Å². The summed E-state index contributed by atoms with van der Waals surface area (Å²) in [6, 6.07) is 11.2. The molecular weight excluding hydrogens is 241 g/mol. The molecule has 0 fully saturated rings. The zero-order valence-electron chi connectivity index (χ0n) is 8.95. The molecule has 0 radical (unpaired) electrons. The fourth-order valence-electron chi connectivity index (χ4n) is 1.51. The summed E-state index contributed by atoms with van der Waals surface area (Å²) < 4.78 is 13.1. The van der Waals surface area contributed by atoms with Crippen LogP contribution in [0, 0.1) is 5.82 Å². The molecule has 0 unspecified atom stereocenters. The van der Waals surface area contributed by atoms with Crippen LogP contribution < -0.4 is 5.32 Å². The summed E-state index contributed by atoms with van der Waals surface area (Å²) in [6.07, 6.45) is 0. The first-order valence-corrected chi connectivity index (χ1v) is 5.50. The zero-order chi connectivity index (χ0) is 12.3. The van der Waals surface area contributed by atoms with E-state index in [4.69, 9.17) is 11.6 Å². The van der Waals surface area contributed by atoms with Crippen molar-refractivity contribution >= 4 is 17.3 Å². The highest BCUT2D eigenvalue weighted by Crippen LogP contribution is 2.21. The summed E-state index contributed by atoms with van der Waals surface area (Å²) in [5.74, 6) is -0.181. The molecule has 0 saturated carbocycles. The number of rotatable bonds is 3. The quantitative estimate of drug-likeness (QED) is 0.870. The van der Waals surface area contributed by atoms with E-state index in [0.717, 1.165) is 5.56 Å². The number of nitrogens with one attached hydrogen (secondary N) is 1. The first kappa shape index (κ1) is 11.7. The number of hydrogen-bond acceptors (Lipinski definition) is 2. The monoisotopic (exact) mass is 251 g/mol. The summed E-state index contributed by atoms with van der Waals surface area (Å²) in [7, 11) is 0. The van der Waals surface area contributed by atoms with Crippen LogP contribution in [0.5, 0.6) is 5.75 Å². The minimum atomic E-state index is -0.391. The standard InChI is InChI=1S/C13H11ClFNO/c14-10-5-11(15)7-12(6-10)16-8-9-3-1-2-4-13(9)17/h1-7,16-17H,8H2. The molecule has 2 aromatic rings. The van der Waals surface area contributed by atoms with Crippen molar-refractivity contribution in [3.05, 3.63) is 58.9 Å². The van der Waals surface area contributed by atoms with Gasteiger partial charge in [-0.05, 0) is 24.3 Å². The molecule has 2 N–H and O–H groups in total. The van der Waals surface area contributed by atoms with Crippen LogP contribution in [0.3, 0.4) is 0 Å². The van der Waals surface area contributed by atoms with Crippen LogP contribution in [0.2, 0.25) is 5.02 Å². The van der Waals surface area contributed by atoms with Crippen LogP contribution in [0.15, 0.2) is 42.5 Å². The Morgan fingerprint density at radius 2 is 1.94 bits per heavy atom. The molecule has 2 aromatic carbocycles. The highest BCUT2D eigenvalue weighted by atomic mass is 35.5. The lowest BCUT2D eigenvalue weighted by molar-refractivity contribution is 0.469. The van der Waals surface area contributed by atoms with E-state index in [-0.39, 0.29) is 5.75 Å². The summed E-state index contributed by atoms with van der Waals surface area (Å²) >= 11 is 5.73. The van der Waals surface area contributed by atoms with Gasteiger partial charge in [0, 0.05) is 22.8 Å². The van der Waals surface area contributed by atoms with Crippen LogP contribution in [0.1, 0.15) is 5.56 Å². The van der Waals surface area contributed by atoms with Crippen LogP contribution in [-0.2, 0) is 6.54 Å². The maximum atomic E-state index is 13.1. The normalized spacial score (nSPS) is 10.2. The molecule has 0 saturated heterocycles. The molecule has 0 aliphatic heterocycles. The number of halogens is 2. The van der Waals surface area contributed by atoms with Crippen LogP contribution in [0.25, 0.3) is 0 Å². The lowest BCUT2D eigenvalue weighted by Gasteiger charge is -2.08. The average Bonchev–Trinajstić information content (AvgIpc) is 2.27. The van der Waals surface area contributed by atoms with Gasteiger partial charge in [-0.15, -0.1) is 0 Å². The summed E-state index contributed by atoms with van der Waals surface area (Å²) in [5.41, 5.74) is 1.33. The maximum absolute atomic E-state index is 13.1. The summed E-state index contributed by atoms with van der Waals surface area (Å²) in [5, 5.41) is 12.9. The molecule has 2 nitrogen and oxygen atoms in total. The second kappa shape index (κ2) is 5.06. The topological polar surface area (TPSA) is 32.3 Å². The Labute approximate surface area is 104 Å². The van der Waals surface area contributed by atoms with E-state index in [1.165, 1.54) is 12.1 Å². The second-order valence-corrected chi connectivity index (χ2v) is 4.08. The lowest BCUT2D eigenvalue weighted by atomic mass is 10.2. The lowest BCUT2D eigenvalue weighted by Crippen LogP contribution is -1.99. The van der Waals surface area contributed by atoms with Crippen molar-refractivity contribution in [2.45, 2.75) is 6.54 Å². The van der Waals surface area contributed by atoms with E-state index >= 15 is 0 Å². The molecule has 0 heterocycles. The number of phenols is 1. The summed E-state index contributed by atoms with van der Waals surface area (Å²) in [4.78, 5) is 0. The molecule has 0 bridgehead atoms. The van der Waals surface area contributed by atoms with Gasteiger partial charge in [0.1, 0.15) is 11.6 Å². The van der Waals surface area contributed by atoms with E-state index in [1.807, 2.05) is 6.07 Å². The Morgan fingerprint density at radius 1 is 1.18 bits per heavy atom. The Bertz CT molecular complexity index is 510. The molecule has 0 aromatic heterocycles. The third-order valence-corrected chi connectivity index (χ3v) is 2.56. The van der Waals surface area contributed by atoms with Crippen LogP contribution in [-0.4, -0.2) is 5.11 Å². The Morgan fingerprint density at radius 3 is 2.65 bits per heavy atom. The Hall–Kier alpha value is -1.74. The second-order valence-electron chi connectivity index (χ2n) is 3.64. The number of anilines is 1. The van der Waals surface area contributed by atoms with Crippen molar-refractivity contribution in [3.63, 3.8) is 0 Å². The molecule has 0 atom stereocenters. The van der Waals surface area contributed by atoms with Crippen LogP contribution >= 0.6 is 11.6 Å². The largest absolute Gasteiger partial charge is 0.508 e. The predicted octanol–water partition coefficient (Wildman–Crippen LogP) is 3.80. The summed E-state index contributed by atoms with van der Waals surface area (Å²) in [6.45, 7) is 0.409. The van der Waals surface area contributed by atoms with Crippen LogP contribution in [0.4, 0.5) is 10.1 Å². The SMILES string of the molecule is Oc1ccccc1CNc1cc(F)cc(Cl)c1. The molecule has 4 heteroatoms. The number of hydrogen-bond donors (Lipinski definition) is 2. The number of benzene rings is 2. The third kappa shape index (κ3) is 3.11. The minimum Gasteiger partial charge on any atom is -0.508 e. The van der Waals surface area contributed by atoms with Crippen molar-refractivity contribution in [2.75, 3.05) is 5.32 Å². The molecule has 0 aliphatic rings. The van der Waals surface area contributed by atoms with E-state index in [9.17, 15) is 9.50 Å². The molecule has 17 heavy (non-hydrogen) atoms. The minimum absolute atomic E-state index is 0.211. The Kier molecular flexibility index (Phi) is 3.49. The van der Waals surface area contributed by atoms with Gasteiger partial charge >= 0.3 is 0 Å². The van der Waals surface area contributed by atoms with Crippen molar-refractivity contribution in [1.82, 2.24) is 0 Å². The first-order valence-electron chi connectivity index (χ1n) is 5.12. The van der Waals surface area contributed by atoms with Crippen molar-refractivity contribution in [1.29, 1.82) is 0 Å². The van der Waals surface area contributed by atoms with Gasteiger partial charge in [-0.1, -0.05) is 29.8 Å². The highest BCUT2D eigenvalue weighted by molar-refractivity contribution is 6.30. The fourth-order valence-corrected chi connectivity index (χ4v) is 1.74. The van der Waals surface area contributed by atoms with E-state index < -0.39 is 5.82 Å². The zero-order valence-corrected chi connectivity index (χ0v) is 9.71. The molecule has 88 valence electrons.